The van der Waals surface area contributed by atoms with Crippen molar-refractivity contribution in [1.29, 1.82) is 0 Å². The van der Waals surface area contributed by atoms with Crippen molar-refractivity contribution >= 4 is 28.2 Å². The van der Waals surface area contributed by atoms with Crippen LogP contribution < -0.4 is 21.3 Å². The second-order valence-corrected chi connectivity index (χ2v) is 20.5. The Morgan fingerprint density at radius 3 is 1.31 bits per heavy atom. The second kappa shape index (κ2) is 15.6. The van der Waals surface area contributed by atoms with E-state index in [0.29, 0.717) is 26.2 Å². The average molecular weight is 527 g/mol. The molecule has 2 rings (SSSR count). The highest BCUT2D eigenvalue weighted by atomic mass is 28.3. The molecule has 0 saturated heterocycles. The monoisotopic (exact) mass is 526 g/mol. The van der Waals surface area contributed by atoms with Gasteiger partial charge in [-0.25, -0.2) is 9.59 Å². The third-order valence-corrected chi connectivity index (χ3v) is 13.6. The van der Waals surface area contributed by atoms with E-state index in [1.807, 2.05) is 12.2 Å². The first-order valence-electron chi connectivity index (χ1n) is 13.5. The number of allylic oxidation sites excluding steroid dienone is 6. The van der Waals surface area contributed by atoms with E-state index in [9.17, 15) is 9.59 Å². The molecule has 0 aromatic carbocycles. The first-order chi connectivity index (χ1) is 17.2. The topological polar surface area (TPSA) is 82.3 Å². The fraction of sp³-hybridized carbons (Fsp3) is 0.571. The minimum atomic E-state index is -1.44. The van der Waals surface area contributed by atoms with Gasteiger partial charge in [-0.1, -0.05) is 75.4 Å². The Bertz CT molecular complexity index is 861. The third kappa shape index (κ3) is 11.5. The van der Waals surface area contributed by atoms with Gasteiger partial charge in [0, 0.05) is 26.2 Å². The van der Waals surface area contributed by atoms with Gasteiger partial charge in [0.2, 0.25) is 0 Å². The van der Waals surface area contributed by atoms with Crippen molar-refractivity contribution in [2.24, 2.45) is 0 Å². The minimum Gasteiger partial charge on any atom is -0.338 e. The highest BCUT2D eigenvalue weighted by Gasteiger charge is 2.25. The Hall–Kier alpha value is -2.51. The molecule has 8 heteroatoms. The SMILES string of the molecule is C[Si](C)(CCCNC(=O)NCCCCCCNC(=O)NCCC[Si](C)(C)C1=C=CC=C1)C1=C=CC=C1. The van der Waals surface area contributed by atoms with E-state index in [1.54, 1.807) is 0 Å². The summed E-state index contributed by atoms with van der Waals surface area (Å²) >= 11 is 0. The van der Waals surface area contributed by atoms with E-state index < -0.39 is 16.1 Å². The van der Waals surface area contributed by atoms with Crippen LogP contribution in [0.2, 0.25) is 38.3 Å². The van der Waals surface area contributed by atoms with E-state index in [0.717, 1.165) is 50.6 Å². The first-order valence-corrected chi connectivity index (χ1v) is 19.9. The molecule has 2 aliphatic carbocycles. The van der Waals surface area contributed by atoms with Crippen molar-refractivity contribution in [2.75, 3.05) is 26.2 Å². The van der Waals surface area contributed by atoms with Crippen molar-refractivity contribution in [2.45, 2.75) is 76.8 Å². The fourth-order valence-electron chi connectivity index (χ4n) is 4.37. The van der Waals surface area contributed by atoms with Gasteiger partial charge in [-0.3, -0.25) is 0 Å². The highest BCUT2D eigenvalue weighted by Crippen LogP contribution is 2.24. The van der Waals surface area contributed by atoms with Crippen molar-refractivity contribution in [3.63, 3.8) is 0 Å². The smallest absolute Gasteiger partial charge is 0.314 e. The number of urea groups is 2. The van der Waals surface area contributed by atoms with Gasteiger partial charge in [0.1, 0.15) is 0 Å². The maximum absolute atomic E-state index is 12.0. The molecular formula is C28H46N4O2Si2. The van der Waals surface area contributed by atoms with Gasteiger partial charge in [-0.2, -0.15) is 0 Å². The summed E-state index contributed by atoms with van der Waals surface area (Å²) in [6.07, 6.45) is 18.4. The normalized spacial score (nSPS) is 14.1. The van der Waals surface area contributed by atoms with Crippen LogP contribution in [-0.2, 0) is 0 Å². The first kappa shape index (κ1) is 29.7. The molecule has 0 aliphatic heterocycles. The quantitative estimate of drug-likeness (QED) is 0.111. The van der Waals surface area contributed by atoms with Crippen molar-refractivity contribution in [3.8, 4) is 0 Å². The van der Waals surface area contributed by atoms with Gasteiger partial charge in [0.25, 0.3) is 0 Å². The number of carbonyl (C=O) groups is 2. The number of carbonyl (C=O) groups excluding carboxylic acids is 2. The van der Waals surface area contributed by atoms with Crippen LogP contribution in [0, 0.1) is 0 Å². The van der Waals surface area contributed by atoms with Gasteiger partial charge >= 0.3 is 12.1 Å². The summed E-state index contributed by atoms with van der Waals surface area (Å²) in [5.74, 6) is 0. The Morgan fingerprint density at radius 1 is 0.611 bits per heavy atom. The van der Waals surface area contributed by atoms with Crippen molar-refractivity contribution < 1.29 is 9.59 Å². The lowest BCUT2D eigenvalue weighted by Crippen LogP contribution is -2.37. The Labute approximate surface area is 220 Å². The largest absolute Gasteiger partial charge is 0.338 e. The molecule has 0 bridgehead atoms. The molecule has 0 aromatic rings. The molecular weight excluding hydrogens is 481 g/mol. The predicted octanol–water partition coefficient (Wildman–Crippen LogP) is 5.72. The number of unbranched alkanes of at least 4 members (excludes halogenated alkanes) is 3. The van der Waals surface area contributed by atoms with Crippen LogP contribution in [0.15, 0.2) is 58.3 Å². The molecule has 0 fully saturated rings. The molecule has 0 spiro atoms. The van der Waals surface area contributed by atoms with Gasteiger partial charge in [0.15, 0.2) is 0 Å². The molecule has 198 valence electrons. The molecule has 36 heavy (non-hydrogen) atoms. The van der Waals surface area contributed by atoms with Gasteiger partial charge in [0.05, 0.1) is 16.1 Å². The van der Waals surface area contributed by atoms with Crippen LogP contribution in [0.25, 0.3) is 0 Å². The second-order valence-electron chi connectivity index (χ2n) is 10.9. The molecule has 6 nitrogen and oxygen atoms in total. The molecule has 0 saturated carbocycles. The van der Waals surface area contributed by atoms with Gasteiger partial charge < -0.3 is 21.3 Å². The van der Waals surface area contributed by atoms with Gasteiger partial charge in [-0.05, 0) is 48.2 Å². The third-order valence-electron chi connectivity index (χ3n) is 6.86. The molecule has 0 radical (unpaired) electrons. The number of rotatable bonds is 17. The zero-order valence-electron chi connectivity index (χ0n) is 22.8. The number of hydrogen-bond donors (Lipinski definition) is 4. The molecule has 0 atom stereocenters. The van der Waals surface area contributed by atoms with Crippen molar-refractivity contribution in [1.82, 2.24) is 21.3 Å². The summed E-state index contributed by atoms with van der Waals surface area (Å²) in [7, 11) is -2.87. The van der Waals surface area contributed by atoms with E-state index in [1.165, 1.54) is 10.4 Å². The lowest BCUT2D eigenvalue weighted by molar-refractivity contribution is 0.239. The van der Waals surface area contributed by atoms with E-state index in [4.69, 9.17) is 0 Å². The van der Waals surface area contributed by atoms with E-state index in [2.05, 4.69) is 83.2 Å². The zero-order chi connectivity index (χ0) is 26.3. The summed E-state index contributed by atoms with van der Waals surface area (Å²) in [4.78, 5) is 23.9. The highest BCUT2D eigenvalue weighted by molar-refractivity contribution is 6.85. The summed E-state index contributed by atoms with van der Waals surface area (Å²) in [5.41, 5.74) is 6.68. The molecule has 4 N–H and O–H groups in total. The van der Waals surface area contributed by atoms with Gasteiger partial charge in [-0.15, -0.1) is 11.5 Å². The fourth-order valence-corrected chi connectivity index (χ4v) is 9.07. The van der Waals surface area contributed by atoms with Crippen molar-refractivity contribution in [3.05, 3.63) is 58.3 Å². The van der Waals surface area contributed by atoms with Crippen LogP contribution in [0.4, 0.5) is 9.59 Å². The van der Waals surface area contributed by atoms with Crippen LogP contribution in [-0.4, -0.2) is 54.4 Å². The van der Waals surface area contributed by atoms with Crippen LogP contribution in [0.3, 0.4) is 0 Å². The van der Waals surface area contributed by atoms with Crippen LogP contribution >= 0.6 is 0 Å². The number of nitrogens with one attached hydrogen (secondary N) is 4. The maximum atomic E-state index is 12.0. The minimum absolute atomic E-state index is 0.0772. The lowest BCUT2D eigenvalue weighted by atomic mass is 10.2. The molecule has 2 aliphatic rings. The Morgan fingerprint density at radius 2 is 0.972 bits per heavy atom. The maximum Gasteiger partial charge on any atom is 0.314 e. The standard InChI is InChI=1S/C28H46N4O2Si2/c1-35(2,25-15-7-8-16-25)23-13-21-31-27(33)29-19-11-5-6-12-20-30-28(34)32-22-14-24-36(3,4)26-17-9-10-18-26/h7-10,15,17H,5-6,11-14,19-24H2,1-4H3,(H2,29,31,33)(H2,30,32,34). The average Bonchev–Trinajstić information content (AvgIpc) is 3.56. The Kier molecular flexibility index (Phi) is 12.9. The zero-order valence-corrected chi connectivity index (χ0v) is 24.8. The van der Waals surface area contributed by atoms with E-state index >= 15 is 0 Å². The number of amides is 4. The molecule has 0 aromatic heterocycles. The summed E-state index contributed by atoms with van der Waals surface area (Å²) < 4.78 is 0. The van der Waals surface area contributed by atoms with Crippen LogP contribution in [0.1, 0.15) is 38.5 Å². The summed E-state index contributed by atoms with van der Waals surface area (Å²) in [6.45, 7) is 12.2. The molecule has 4 amide bonds. The summed E-state index contributed by atoms with van der Waals surface area (Å²) in [6, 6.07) is 2.14. The molecule has 0 unspecified atom stereocenters. The lowest BCUT2D eigenvalue weighted by Gasteiger charge is -2.21. The predicted molar refractivity (Wildman–Crippen MR) is 157 cm³/mol. The van der Waals surface area contributed by atoms with E-state index in [-0.39, 0.29) is 12.1 Å². The number of hydrogen-bond acceptors (Lipinski definition) is 2. The molecule has 0 heterocycles. The summed E-state index contributed by atoms with van der Waals surface area (Å²) in [5, 5.41) is 14.6. The Balaban J connectivity index is 1.37. The van der Waals surface area contributed by atoms with Crippen LogP contribution in [0.5, 0.6) is 0 Å².